The molecule has 16 heavy (non-hydrogen) atoms. The molecule has 1 aliphatic heterocycles. The normalized spacial score (nSPS) is 21.8. The van der Waals surface area contributed by atoms with E-state index in [4.69, 9.17) is 9.68 Å². The predicted octanol–water partition coefficient (Wildman–Crippen LogP) is 2.62. The van der Waals surface area contributed by atoms with Crippen molar-refractivity contribution in [3.8, 4) is 0 Å². The third-order valence-corrected chi connectivity index (χ3v) is 3.01. The SMILES string of the molecule is CCOC(C(C)(C)C)[N+]1(ON=O)CCCC1. The van der Waals surface area contributed by atoms with E-state index in [-0.39, 0.29) is 16.3 Å². The molecule has 1 aliphatic rings. The maximum atomic E-state index is 10.5. The van der Waals surface area contributed by atoms with Crippen LogP contribution in [0.5, 0.6) is 0 Å². The highest BCUT2D eigenvalue weighted by Gasteiger charge is 2.51. The lowest BCUT2D eigenvalue weighted by Gasteiger charge is -2.40. The maximum absolute atomic E-state index is 10.5. The van der Waals surface area contributed by atoms with Crippen LogP contribution in [0.25, 0.3) is 0 Å². The summed E-state index contributed by atoms with van der Waals surface area (Å²) in [5.41, 5.74) is -0.0783. The standard InChI is InChI=1S/C11H23N2O3/c1-5-15-10(11(2,3)4)13(16-12-14)8-6-7-9-13/h10H,5-9H2,1-4H3/q+1. The molecule has 1 fully saturated rings. The first-order chi connectivity index (χ1) is 7.46. The van der Waals surface area contributed by atoms with Crippen LogP contribution in [-0.2, 0) is 9.68 Å². The average Bonchev–Trinajstić information content (AvgIpc) is 2.62. The second-order valence-electron chi connectivity index (χ2n) is 5.44. The lowest BCUT2D eigenvalue weighted by Crippen LogP contribution is -2.58. The zero-order chi connectivity index (χ0) is 12.2. The number of rotatable bonds is 5. The van der Waals surface area contributed by atoms with Crippen molar-refractivity contribution in [1.82, 2.24) is 0 Å². The highest BCUT2D eigenvalue weighted by molar-refractivity contribution is 4.69. The average molecular weight is 231 g/mol. The number of hydrogen-bond donors (Lipinski definition) is 0. The van der Waals surface area contributed by atoms with Gasteiger partial charge in [-0.1, -0.05) is 25.4 Å². The first kappa shape index (κ1) is 13.4. The minimum Gasteiger partial charge on any atom is -0.326 e. The zero-order valence-electron chi connectivity index (χ0n) is 10.7. The van der Waals surface area contributed by atoms with Gasteiger partial charge in [0.2, 0.25) is 11.6 Å². The first-order valence-corrected chi connectivity index (χ1v) is 5.96. The molecule has 0 saturated carbocycles. The quantitative estimate of drug-likeness (QED) is 0.415. The molecule has 1 unspecified atom stereocenters. The van der Waals surface area contributed by atoms with Crippen LogP contribution in [-0.4, -0.2) is 30.6 Å². The first-order valence-electron chi connectivity index (χ1n) is 5.96. The molecule has 94 valence electrons. The van der Waals surface area contributed by atoms with Crippen molar-refractivity contribution in [3.05, 3.63) is 4.91 Å². The molecule has 0 aromatic rings. The van der Waals surface area contributed by atoms with E-state index in [1.54, 1.807) is 0 Å². The molecular formula is C11H23N2O3+. The molecule has 0 amide bonds. The van der Waals surface area contributed by atoms with E-state index in [9.17, 15) is 4.91 Å². The largest absolute Gasteiger partial charge is 0.326 e. The molecule has 5 nitrogen and oxygen atoms in total. The summed E-state index contributed by atoms with van der Waals surface area (Å²) in [5.74, 6) is 0. The Morgan fingerprint density at radius 2 is 1.88 bits per heavy atom. The van der Waals surface area contributed by atoms with E-state index in [0.29, 0.717) is 6.61 Å². The minimum atomic E-state index is -0.141. The van der Waals surface area contributed by atoms with E-state index in [0.717, 1.165) is 25.9 Å². The summed E-state index contributed by atoms with van der Waals surface area (Å²) < 4.78 is 6.02. The monoisotopic (exact) mass is 231 g/mol. The van der Waals surface area contributed by atoms with Gasteiger partial charge in [-0.15, -0.1) is 4.91 Å². The lowest BCUT2D eigenvalue weighted by molar-refractivity contribution is -1.14. The summed E-state index contributed by atoms with van der Waals surface area (Å²) in [6, 6.07) is 0. The van der Waals surface area contributed by atoms with Crippen molar-refractivity contribution in [3.63, 3.8) is 0 Å². The summed E-state index contributed by atoms with van der Waals surface area (Å²) in [7, 11) is 0. The molecule has 5 heteroatoms. The summed E-state index contributed by atoms with van der Waals surface area (Å²) in [5, 5.41) is 2.65. The topological polar surface area (TPSA) is 47.9 Å². The fourth-order valence-electron chi connectivity index (χ4n) is 2.55. The molecule has 0 spiro atoms. The number of nitrogens with zero attached hydrogens (tertiary/aromatic N) is 2. The Hall–Kier alpha value is -0.680. The Morgan fingerprint density at radius 3 is 2.25 bits per heavy atom. The number of hydroxylamine groups is 3. The number of quaternary nitrogens is 1. The van der Waals surface area contributed by atoms with Crippen molar-refractivity contribution in [1.29, 1.82) is 0 Å². The number of hydrogen-bond acceptors (Lipinski definition) is 4. The molecular weight excluding hydrogens is 208 g/mol. The van der Waals surface area contributed by atoms with Gasteiger partial charge >= 0.3 is 0 Å². The molecule has 0 aromatic carbocycles. The molecule has 1 heterocycles. The van der Waals surface area contributed by atoms with Crippen LogP contribution in [0.4, 0.5) is 0 Å². The molecule has 0 radical (unpaired) electrons. The van der Waals surface area contributed by atoms with Crippen molar-refractivity contribution < 1.29 is 14.3 Å². The van der Waals surface area contributed by atoms with Gasteiger partial charge in [-0.2, -0.15) is 4.94 Å². The summed E-state index contributed by atoms with van der Waals surface area (Å²) in [6.07, 6.45) is 1.96. The second kappa shape index (κ2) is 5.10. The van der Waals surface area contributed by atoms with E-state index < -0.39 is 0 Å². The van der Waals surface area contributed by atoms with Crippen LogP contribution in [0.3, 0.4) is 0 Å². The van der Waals surface area contributed by atoms with Gasteiger partial charge in [0.25, 0.3) is 0 Å². The van der Waals surface area contributed by atoms with E-state index in [2.05, 4.69) is 26.1 Å². The van der Waals surface area contributed by atoms with E-state index >= 15 is 0 Å². The van der Waals surface area contributed by atoms with Crippen LogP contribution in [0.1, 0.15) is 40.5 Å². The minimum absolute atomic E-state index is 0.0783. The number of likely N-dealkylation sites (tertiary alicyclic amines) is 1. The van der Waals surface area contributed by atoms with Crippen LogP contribution in [0.2, 0.25) is 0 Å². The fourth-order valence-corrected chi connectivity index (χ4v) is 2.55. The van der Waals surface area contributed by atoms with Gasteiger partial charge in [0.15, 0.2) is 0 Å². The highest BCUT2D eigenvalue weighted by Crippen LogP contribution is 2.35. The van der Waals surface area contributed by atoms with Gasteiger partial charge in [-0.25, -0.2) is 0 Å². The van der Waals surface area contributed by atoms with Crippen molar-refractivity contribution in [2.24, 2.45) is 10.8 Å². The van der Waals surface area contributed by atoms with E-state index in [1.807, 2.05) is 6.92 Å². The van der Waals surface area contributed by atoms with Crippen molar-refractivity contribution >= 4 is 0 Å². The molecule has 0 bridgehead atoms. The Labute approximate surface area is 97.2 Å². The van der Waals surface area contributed by atoms with Crippen LogP contribution >= 0.6 is 0 Å². The predicted molar refractivity (Wildman–Crippen MR) is 61.0 cm³/mol. The Bertz CT molecular complexity index is 232. The van der Waals surface area contributed by atoms with Crippen LogP contribution in [0, 0.1) is 10.3 Å². The van der Waals surface area contributed by atoms with Gasteiger partial charge < -0.3 is 4.74 Å². The molecule has 0 aliphatic carbocycles. The van der Waals surface area contributed by atoms with Gasteiger partial charge in [0.05, 0.1) is 6.61 Å². The van der Waals surface area contributed by atoms with Crippen LogP contribution in [0.15, 0.2) is 5.34 Å². The third-order valence-electron chi connectivity index (χ3n) is 3.01. The second-order valence-corrected chi connectivity index (χ2v) is 5.44. The fraction of sp³-hybridized carbons (Fsp3) is 1.00. The Balaban J connectivity index is 2.91. The molecule has 1 rings (SSSR count). The lowest BCUT2D eigenvalue weighted by atomic mass is 9.93. The van der Waals surface area contributed by atoms with E-state index in [1.165, 1.54) is 0 Å². The maximum Gasteiger partial charge on any atom is 0.238 e. The Morgan fingerprint density at radius 1 is 1.31 bits per heavy atom. The highest BCUT2D eigenvalue weighted by atomic mass is 16.9. The summed E-state index contributed by atoms with van der Waals surface area (Å²) in [6.45, 7) is 10.5. The molecule has 0 N–H and O–H groups in total. The van der Waals surface area contributed by atoms with Gasteiger partial charge in [0.1, 0.15) is 13.1 Å². The molecule has 1 saturated heterocycles. The molecule has 0 aromatic heterocycles. The summed E-state index contributed by atoms with van der Waals surface area (Å²) in [4.78, 5) is 15.6. The van der Waals surface area contributed by atoms with Crippen LogP contribution < -0.4 is 0 Å². The van der Waals surface area contributed by atoms with Gasteiger partial charge in [-0.3, -0.25) is 0 Å². The number of ether oxygens (including phenoxy) is 1. The van der Waals surface area contributed by atoms with Gasteiger partial charge in [-0.05, 0) is 6.92 Å². The smallest absolute Gasteiger partial charge is 0.238 e. The molecule has 1 atom stereocenters. The third kappa shape index (κ3) is 2.71. The van der Waals surface area contributed by atoms with Gasteiger partial charge in [0, 0.05) is 18.3 Å². The zero-order valence-corrected chi connectivity index (χ0v) is 10.7. The summed E-state index contributed by atoms with van der Waals surface area (Å²) >= 11 is 0. The van der Waals surface area contributed by atoms with Crippen molar-refractivity contribution in [2.75, 3.05) is 19.7 Å². The van der Waals surface area contributed by atoms with Crippen molar-refractivity contribution in [2.45, 2.75) is 46.8 Å². The Kier molecular flexibility index (Phi) is 4.27.